The van der Waals surface area contributed by atoms with Crippen molar-refractivity contribution in [2.45, 2.75) is 25.8 Å². The molecule has 1 aliphatic heterocycles. The monoisotopic (exact) mass is 271 g/mol. The Morgan fingerprint density at radius 1 is 1.47 bits per heavy atom. The maximum Gasteiger partial charge on any atom is 0.239 e. The third-order valence-corrected chi connectivity index (χ3v) is 3.35. The third kappa shape index (κ3) is 5.57. The average molecular weight is 271 g/mol. The zero-order chi connectivity index (χ0) is 14.3. The number of piperidine rings is 1. The van der Waals surface area contributed by atoms with Crippen LogP contribution in [-0.4, -0.2) is 63.2 Å². The molecular formula is C13H25N3O3. The second kappa shape index (κ2) is 8.12. The lowest BCUT2D eigenvalue weighted by molar-refractivity contribution is -0.137. The summed E-state index contributed by atoms with van der Waals surface area (Å²) in [7, 11) is 3.25. The smallest absolute Gasteiger partial charge is 0.239 e. The Hall–Kier alpha value is -1.14. The lowest BCUT2D eigenvalue weighted by Gasteiger charge is -2.30. The SMILES string of the molecule is COCCNC(=O)CN(C)C(=O)C1CC(C)CCN1. The van der Waals surface area contributed by atoms with Crippen molar-refractivity contribution < 1.29 is 14.3 Å². The Balaban J connectivity index is 2.33. The van der Waals surface area contributed by atoms with Gasteiger partial charge >= 0.3 is 0 Å². The molecule has 19 heavy (non-hydrogen) atoms. The van der Waals surface area contributed by atoms with E-state index < -0.39 is 0 Å². The number of nitrogens with zero attached hydrogens (tertiary/aromatic N) is 1. The highest BCUT2D eigenvalue weighted by Crippen LogP contribution is 2.16. The first-order chi connectivity index (χ1) is 9.04. The number of methoxy groups -OCH3 is 1. The molecule has 1 saturated heterocycles. The van der Waals surface area contributed by atoms with Crippen molar-refractivity contribution >= 4 is 11.8 Å². The summed E-state index contributed by atoms with van der Waals surface area (Å²) in [5, 5.41) is 5.92. The van der Waals surface area contributed by atoms with Gasteiger partial charge < -0.3 is 20.3 Å². The maximum absolute atomic E-state index is 12.2. The molecule has 0 bridgehead atoms. The van der Waals surface area contributed by atoms with Crippen molar-refractivity contribution in [2.24, 2.45) is 5.92 Å². The van der Waals surface area contributed by atoms with Crippen LogP contribution in [0.1, 0.15) is 19.8 Å². The first kappa shape index (κ1) is 15.9. The van der Waals surface area contributed by atoms with E-state index in [1.54, 1.807) is 14.2 Å². The summed E-state index contributed by atoms with van der Waals surface area (Å²) in [6.45, 7) is 4.06. The molecule has 0 spiro atoms. The predicted octanol–water partition coefficient (Wildman–Crippen LogP) is -0.404. The van der Waals surface area contributed by atoms with Crippen LogP contribution in [0.3, 0.4) is 0 Å². The molecule has 2 unspecified atom stereocenters. The molecule has 0 radical (unpaired) electrons. The Morgan fingerprint density at radius 3 is 2.84 bits per heavy atom. The van der Waals surface area contributed by atoms with E-state index in [1.165, 1.54) is 4.90 Å². The van der Waals surface area contributed by atoms with Crippen molar-refractivity contribution in [1.82, 2.24) is 15.5 Å². The van der Waals surface area contributed by atoms with Crippen LogP contribution in [0.25, 0.3) is 0 Å². The van der Waals surface area contributed by atoms with Gasteiger partial charge in [0.25, 0.3) is 0 Å². The summed E-state index contributed by atoms with van der Waals surface area (Å²) in [5.74, 6) is 0.393. The predicted molar refractivity (Wildman–Crippen MR) is 72.7 cm³/mol. The van der Waals surface area contributed by atoms with Crippen molar-refractivity contribution in [2.75, 3.05) is 40.4 Å². The fraction of sp³-hybridized carbons (Fsp3) is 0.846. The van der Waals surface area contributed by atoms with Gasteiger partial charge in [0.05, 0.1) is 19.2 Å². The second-order valence-electron chi connectivity index (χ2n) is 5.17. The van der Waals surface area contributed by atoms with Crippen LogP contribution < -0.4 is 10.6 Å². The molecule has 0 aliphatic carbocycles. The number of ether oxygens (including phenoxy) is 1. The summed E-state index contributed by atoms with van der Waals surface area (Å²) >= 11 is 0. The Labute approximate surface area is 114 Å². The second-order valence-corrected chi connectivity index (χ2v) is 5.17. The minimum absolute atomic E-state index is 0.00607. The van der Waals surface area contributed by atoms with Gasteiger partial charge in [0, 0.05) is 20.7 Å². The van der Waals surface area contributed by atoms with Crippen LogP contribution in [0, 0.1) is 5.92 Å². The van der Waals surface area contributed by atoms with Gasteiger partial charge in [-0.25, -0.2) is 0 Å². The van der Waals surface area contributed by atoms with Gasteiger partial charge in [-0.3, -0.25) is 9.59 Å². The number of hydrogen-bond donors (Lipinski definition) is 2. The Morgan fingerprint density at radius 2 is 2.21 bits per heavy atom. The number of carbonyl (C=O) groups is 2. The number of rotatable bonds is 6. The zero-order valence-electron chi connectivity index (χ0n) is 12.1. The molecule has 2 N–H and O–H groups in total. The van der Waals surface area contributed by atoms with Gasteiger partial charge in [0.1, 0.15) is 0 Å². The number of likely N-dealkylation sites (N-methyl/N-ethyl adjacent to an activating group) is 1. The van der Waals surface area contributed by atoms with E-state index in [-0.39, 0.29) is 24.4 Å². The summed E-state index contributed by atoms with van der Waals surface area (Å²) in [5.41, 5.74) is 0. The molecule has 110 valence electrons. The molecule has 2 amide bonds. The number of amides is 2. The largest absolute Gasteiger partial charge is 0.383 e. The van der Waals surface area contributed by atoms with E-state index in [1.807, 2.05) is 0 Å². The van der Waals surface area contributed by atoms with Gasteiger partial charge in [-0.15, -0.1) is 0 Å². The van der Waals surface area contributed by atoms with Crippen LogP contribution in [0.15, 0.2) is 0 Å². The highest BCUT2D eigenvalue weighted by atomic mass is 16.5. The summed E-state index contributed by atoms with van der Waals surface area (Å²) in [6.07, 6.45) is 1.94. The van der Waals surface area contributed by atoms with Crippen LogP contribution in [0.5, 0.6) is 0 Å². The van der Waals surface area contributed by atoms with Gasteiger partial charge in [-0.2, -0.15) is 0 Å². The highest BCUT2D eigenvalue weighted by molar-refractivity contribution is 5.87. The average Bonchev–Trinajstić information content (AvgIpc) is 2.38. The molecule has 2 atom stereocenters. The maximum atomic E-state index is 12.2. The normalized spacial score (nSPS) is 22.9. The van der Waals surface area contributed by atoms with Gasteiger partial charge in [-0.1, -0.05) is 6.92 Å². The molecule has 1 heterocycles. The van der Waals surface area contributed by atoms with Gasteiger partial charge in [0.15, 0.2) is 0 Å². The molecule has 6 heteroatoms. The van der Waals surface area contributed by atoms with Crippen molar-refractivity contribution in [1.29, 1.82) is 0 Å². The summed E-state index contributed by atoms with van der Waals surface area (Å²) < 4.78 is 4.85. The summed E-state index contributed by atoms with van der Waals surface area (Å²) in [4.78, 5) is 25.3. The number of carbonyl (C=O) groups excluding carboxylic acids is 2. The van der Waals surface area contributed by atoms with E-state index in [9.17, 15) is 9.59 Å². The first-order valence-corrected chi connectivity index (χ1v) is 6.78. The Kier molecular flexibility index (Phi) is 6.80. The van der Waals surface area contributed by atoms with Crippen LogP contribution >= 0.6 is 0 Å². The zero-order valence-corrected chi connectivity index (χ0v) is 12.1. The standard InChI is InChI=1S/C13H25N3O3/c1-10-4-5-14-11(8-10)13(18)16(2)9-12(17)15-6-7-19-3/h10-11,14H,4-9H2,1-3H3,(H,15,17). The van der Waals surface area contributed by atoms with Crippen LogP contribution in [0.2, 0.25) is 0 Å². The lowest BCUT2D eigenvalue weighted by atomic mass is 9.93. The molecule has 1 fully saturated rings. The minimum atomic E-state index is -0.156. The van der Waals surface area contributed by atoms with E-state index in [0.29, 0.717) is 19.1 Å². The lowest BCUT2D eigenvalue weighted by Crippen LogP contribution is -2.51. The molecule has 6 nitrogen and oxygen atoms in total. The molecule has 0 aromatic rings. The molecule has 0 aromatic heterocycles. The molecule has 1 aliphatic rings. The molecule has 0 aromatic carbocycles. The van der Waals surface area contributed by atoms with E-state index in [2.05, 4.69) is 17.6 Å². The first-order valence-electron chi connectivity index (χ1n) is 6.78. The number of hydrogen-bond acceptors (Lipinski definition) is 4. The molecular weight excluding hydrogens is 246 g/mol. The minimum Gasteiger partial charge on any atom is -0.383 e. The van der Waals surface area contributed by atoms with E-state index >= 15 is 0 Å². The van der Waals surface area contributed by atoms with Gasteiger partial charge in [0.2, 0.25) is 11.8 Å². The van der Waals surface area contributed by atoms with Crippen molar-refractivity contribution in [3.05, 3.63) is 0 Å². The quantitative estimate of drug-likeness (QED) is 0.645. The topological polar surface area (TPSA) is 70.7 Å². The van der Waals surface area contributed by atoms with E-state index in [0.717, 1.165) is 19.4 Å². The van der Waals surface area contributed by atoms with Crippen LogP contribution in [0.4, 0.5) is 0 Å². The fourth-order valence-corrected chi connectivity index (χ4v) is 2.20. The molecule has 0 saturated carbocycles. The fourth-order valence-electron chi connectivity index (χ4n) is 2.20. The van der Waals surface area contributed by atoms with Crippen molar-refractivity contribution in [3.8, 4) is 0 Å². The van der Waals surface area contributed by atoms with Crippen LogP contribution in [-0.2, 0) is 14.3 Å². The number of nitrogens with one attached hydrogen (secondary N) is 2. The molecule has 1 rings (SSSR count). The third-order valence-electron chi connectivity index (χ3n) is 3.35. The Bertz CT molecular complexity index is 310. The van der Waals surface area contributed by atoms with Gasteiger partial charge in [-0.05, 0) is 25.3 Å². The summed E-state index contributed by atoms with van der Waals surface area (Å²) in [6, 6.07) is -0.152. The highest BCUT2D eigenvalue weighted by Gasteiger charge is 2.27. The van der Waals surface area contributed by atoms with Crippen molar-refractivity contribution in [3.63, 3.8) is 0 Å². The van der Waals surface area contributed by atoms with E-state index in [4.69, 9.17) is 4.74 Å².